The molecular formula is C13H17FN2O2. The lowest BCUT2D eigenvalue weighted by molar-refractivity contribution is -0.385. The second kappa shape index (κ2) is 5.44. The number of aryl methyl sites for hydroxylation is 1. The smallest absolute Gasteiger partial charge is 0.272 e. The number of benzene rings is 1. The minimum atomic E-state index is -0.553. The van der Waals surface area contributed by atoms with Gasteiger partial charge in [-0.2, -0.15) is 0 Å². The third-order valence-electron chi connectivity index (χ3n) is 3.46. The van der Waals surface area contributed by atoms with Crippen LogP contribution >= 0.6 is 0 Å². The molecule has 1 aromatic rings. The minimum Gasteiger partial charge on any atom is -0.317 e. The summed E-state index contributed by atoms with van der Waals surface area (Å²) in [7, 11) is 1.93. The van der Waals surface area contributed by atoms with Crippen molar-refractivity contribution in [1.82, 2.24) is 5.32 Å². The Hall–Kier alpha value is -1.49. The van der Waals surface area contributed by atoms with E-state index in [9.17, 15) is 14.5 Å². The van der Waals surface area contributed by atoms with E-state index >= 15 is 0 Å². The van der Waals surface area contributed by atoms with Crippen LogP contribution in [-0.4, -0.2) is 18.0 Å². The fourth-order valence-electron chi connectivity index (χ4n) is 2.32. The Balaban J connectivity index is 2.01. The molecule has 0 saturated heterocycles. The molecule has 1 aromatic carbocycles. The van der Waals surface area contributed by atoms with Crippen LogP contribution in [0.4, 0.5) is 10.1 Å². The summed E-state index contributed by atoms with van der Waals surface area (Å²) in [5, 5.41) is 13.9. The summed E-state index contributed by atoms with van der Waals surface area (Å²) in [6, 6.07) is 4.24. The molecule has 0 amide bonds. The molecular weight excluding hydrogens is 235 g/mol. The molecule has 0 aromatic heterocycles. The van der Waals surface area contributed by atoms with Crippen LogP contribution in [0.3, 0.4) is 0 Å². The van der Waals surface area contributed by atoms with Gasteiger partial charge in [0.05, 0.1) is 11.0 Å². The van der Waals surface area contributed by atoms with Gasteiger partial charge in [-0.15, -0.1) is 0 Å². The van der Waals surface area contributed by atoms with E-state index in [2.05, 4.69) is 5.32 Å². The van der Waals surface area contributed by atoms with Crippen molar-refractivity contribution in [3.63, 3.8) is 0 Å². The first kappa shape index (κ1) is 13.0. The van der Waals surface area contributed by atoms with Crippen molar-refractivity contribution in [2.24, 2.45) is 5.92 Å². The molecule has 0 heterocycles. The molecule has 5 heteroatoms. The zero-order chi connectivity index (χ0) is 13.1. The molecule has 2 rings (SSSR count). The molecule has 98 valence electrons. The molecule has 1 N–H and O–H groups in total. The van der Waals surface area contributed by atoms with E-state index in [0.717, 1.165) is 18.4 Å². The van der Waals surface area contributed by atoms with Crippen LogP contribution in [0, 0.1) is 21.8 Å². The Kier molecular flexibility index (Phi) is 3.91. The Morgan fingerprint density at radius 2 is 2.22 bits per heavy atom. The maximum Gasteiger partial charge on any atom is 0.272 e. The highest BCUT2D eigenvalue weighted by atomic mass is 19.1. The Morgan fingerprint density at radius 3 is 2.78 bits per heavy atom. The van der Waals surface area contributed by atoms with Crippen molar-refractivity contribution in [3.8, 4) is 0 Å². The fraction of sp³-hybridized carbons (Fsp3) is 0.538. The summed E-state index contributed by atoms with van der Waals surface area (Å²) in [4.78, 5) is 10.1. The van der Waals surface area contributed by atoms with Gasteiger partial charge >= 0.3 is 0 Å². The third-order valence-corrected chi connectivity index (χ3v) is 3.46. The normalized spacial score (nSPS) is 16.6. The standard InChI is InChI=1S/C13H17FN2O2/c1-15-13(10-3-4-10)5-2-9-6-11(14)8-12(7-9)16(17)18/h6-8,10,13,15H,2-5H2,1H3. The fourth-order valence-corrected chi connectivity index (χ4v) is 2.32. The Labute approximate surface area is 105 Å². The summed E-state index contributed by atoms with van der Waals surface area (Å²) in [6.07, 6.45) is 4.05. The first-order valence-corrected chi connectivity index (χ1v) is 6.21. The Morgan fingerprint density at radius 1 is 1.50 bits per heavy atom. The number of nitro groups is 1. The number of nitro benzene ring substituents is 1. The topological polar surface area (TPSA) is 55.2 Å². The van der Waals surface area contributed by atoms with Gasteiger partial charge in [0, 0.05) is 12.1 Å². The second-order valence-corrected chi connectivity index (χ2v) is 4.85. The van der Waals surface area contributed by atoms with Gasteiger partial charge in [-0.05, 0) is 50.3 Å². The summed E-state index contributed by atoms with van der Waals surface area (Å²) in [6.45, 7) is 0. The van der Waals surface area contributed by atoms with Crippen molar-refractivity contribution < 1.29 is 9.31 Å². The number of rotatable bonds is 6. The van der Waals surface area contributed by atoms with Crippen LogP contribution in [0.1, 0.15) is 24.8 Å². The summed E-state index contributed by atoms with van der Waals surface area (Å²) in [5.74, 6) is 0.185. The number of non-ortho nitro benzene ring substituents is 1. The van der Waals surface area contributed by atoms with E-state index in [1.165, 1.54) is 25.0 Å². The van der Waals surface area contributed by atoms with Gasteiger partial charge in [0.2, 0.25) is 0 Å². The highest BCUT2D eigenvalue weighted by molar-refractivity contribution is 5.35. The van der Waals surface area contributed by atoms with Gasteiger partial charge < -0.3 is 5.32 Å². The van der Waals surface area contributed by atoms with Gasteiger partial charge in [-0.25, -0.2) is 4.39 Å². The lowest BCUT2D eigenvalue weighted by Crippen LogP contribution is -2.27. The molecule has 0 bridgehead atoms. The van der Waals surface area contributed by atoms with E-state index < -0.39 is 10.7 Å². The van der Waals surface area contributed by atoms with Crippen molar-refractivity contribution >= 4 is 5.69 Å². The lowest BCUT2D eigenvalue weighted by atomic mass is 10.0. The van der Waals surface area contributed by atoms with Crippen molar-refractivity contribution in [2.45, 2.75) is 31.7 Å². The van der Waals surface area contributed by atoms with Crippen LogP contribution in [0.5, 0.6) is 0 Å². The number of nitrogens with zero attached hydrogens (tertiary/aromatic N) is 1. The van der Waals surface area contributed by atoms with Gasteiger partial charge in [0.1, 0.15) is 5.82 Å². The zero-order valence-electron chi connectivity index (χ0n) is 10.4. The number of hydrogen-bond acceptors (Lipinski definition) is 3. The molecule has 1 unspecified atom stereocenters. The number of hydrogen-bond donors (Lipinski definition) is 1. The van der Waals surface area contributed by atoms with Gasteiger partial charge in [-0.3, -0.25) is 10.1 Å². The minimum absolute atomic E-state index is 0.169. The molecule has 1 saturated carbocycles. The molecule has 0 spiro atoms. The molecule has 18 heavy (non-hydrogen) atoms. The molecule has 0 aliphatic heterocycles. The van der Waals surface area contributed by atoms with Gasteiger partial charge in [0.25, 0.3) is 5.69 Å². The van der Waals surface area contributed by atoms with E-state index in [1.54, 1.807) is 0 Å². The number of halogens is 1. The third kappa shape index (κ3) is 3.26. The van der Waals surface area contributed by atoms with E-state index in [-0.39, 0.29) is 5.69 Å². The summed E-state index contributed by atoms with van der Waals surface area (Å²) < 4.78 is 13.2. The van der Waals surface area contributed by atoms with Gasteiger partial charge in [0.15, 0.2) is 0 Å². The monoisotopic (exact) mass is 252 g/mol. The predicted octanol–water partition coefficient (Wildman–Crippen LogP) is 2.66. The first-order chi connectivity index (χ1) is 8.60. The molecule has 0 radical (unpaired) electrons. The lowest BCUT2D eigenvalue weighted by Gasteiger charge is -2.14. The van der Waals surface area contributed by atoms with Crippen molar-refractivity contribution in [1.29, 1.82) is 0 Å². The zero-order valence-corrected chi connectivity index (χ0v) is 10.4. The largest absolute Gasteiger partial charge is 0.317 e. The molecule has 1 atom stereocenters. The maximum absolute atomic E-state index is 13.2. The van der Waals surface area contributed by atoms with Crippen LogP contribution in [-0.2, 0) is 6.42 Å². The molecule has 1 aliphatic rings. The van der Waals surface area contributed by atoms with E-state index in [1.807, 2.05) is 7.05 Å². The quantitative estimate of drug-likeness (QED) is 0.625. The van der Waals surface area contributed by atoms with E-state index in [4.69, 9.17) is 0 Å². The van der Waals surface area contributed by atoms with Crippen LogP contribution < -0.4 is 5.32 Å². The van der Waals surface area contributed by atoms with Crippen molar-refractivity contribution in [3.05, 3.63) is 39.7 Å². The highest BCUT2D eigenvalue weighted by Crippen LogP contribution is 2.34. The predicted molar refractivity (Wildman–Crippen MR) is 66.9 cm³/mol. The molecule has 1 fully saturated rings. The summed E-state index contributed by atoms with van der Waals surface area (Å²) >= 11 is 0. The second-order valence-electron chi connectivity index (χ2n) is 4.85. The molecule has 1 aliphatic carbocycles. The van der Waals surface area contributed by atoms with Gasteiger partial charge in [-0.1, -0.05) is 0 Å². The first-order valence-electron chi connectivity index (χ1n) is 6.21. The maximum atomic E-state index is 13.2. The Bertz CT molecular complexity index is 447. The van der Waals surface area contributed by atoms with Crippen LogP contribution in [0.15, 0.2) is 18.2 Å². The highest BCUT2D eigenvalue weighted by Gasteiger charge is 2.29. The van der Waals surface area contributed by atoms with Crippen LogP contribution in [0.25, 0.3) is 0 Å². The average Bonchev–Trinajstić information content (AvgIpc) is 3.13. The molecule has 4 nitrogen and oxygen atoms in total. The number of nitrogens with one attached hydrogen (secondary N) is 1. The summed E-state index contributed by atoms with van der Waals surface area (Å²) in [5.41, 5.74) is 0.528. The van der Waals surface area contributed by atoms with E-state index in [0.29, 0.717) is 18.0 Å². The SMILES string of the molecule is CNC(CCc1cc(F)cc([N+](=O)[O-])c1)C1CC1. The average molecular weight is 252 g/mol. The van der Waals surface area contributed by atoms with Crippen molar-refractivity contribution in [2.75, 3.05) is 7.05 Å². The van der Waals surface area contributed by atoms with Crippen LogP contribution in [0.2, 0.25) is 0 Å².